The van der Waals surface area contributed by atoms with Crippen molar-refractivity contribution in [3.63, 3.8) is 0 Å². The van der Waals surface area contributed by atoms with Gasteiger partial charge < -0.3 is 18.9 Å². The van der Waals surface area contributed by atoms with Gasteiger partial charge >= 0.3 is 23.9 Å². The van der Waals surface area contributed by atoms with Crippen molar-refractivity contribution in [1.82, 2.24) is 0 Å². The Hall–Kier alpha value is -4.72. The molecule has 0 bridgehead atoms. The molecule has 1 fully saturated rings. The number of hydrogen-bond acceptors (Lipinski definition) is 8. The second-order valence-corrected chi connectivity index (χ2v) is 8.52. The number of rotatable bonds is 10. The van der Waals surface area contributed by atoms with Gasteiger partial charge in [-0.1, -0.05) is 26.3 Å². The Bertz CT molecular complexity index is 1100. The summed E-state index contributed by atoms with van der Waals surface area (Å²) in [5, 5.41) is 0. The molecule has 2 aromatic carbocycles. The minimum atomic E-state index is -0.628. The Morgan fingerprint density at radius 1 is 0.500 bits per heavy atom. The van der Waals surface area contributed by atoms with Crippen molar-refractivity contribution in [2.24, 2.45) is 0 Å². The van der Waals surface area contributed by atoms with E-state index < -0.39 is 23.9 Å². The summed E-state index contributed by atoms with van der Waals surface area (Å²) in [5.41, 5.74) is 1.72. The Labute approximate surface area is 220 Å². The van der Waals surface area contributed by atoms with E-state index in [0.717, 1.165) is 61.1 Å². The van der Waals surface area contributed by atoms with Crippen LogP contribution in [0.1, 0.15) is 48.6 Å². The fourth-order valence-electron chi connectivity index (χ4n) is 4.29. The first-order valence-electron chi connectivity index (χ1n) is 11.9. The zero-order valence-electron chi connectivity index (χ0n) is 20.9. The first-order valence-corrected chi connectivity index (χ1v) is 11.9. The van der Waals surface area contributed by atoms with Crippen molar-refractivity contribution in [2.75, 3.05) is 0 Å². The predicted molar refractivity (Wildman–Crippen MR) is 140 cm³/mol. The number of ether oxygens (including phenoxy) is 4. The second-order valence-electron chi connectivity index (χ2n) is 8.52. The van der Waals surface area contributed by atoms with Crippen molar-refractivity contribution in [3.05, 3.63) is 98.1 Å². The van der Waals surface area contributed by atoms with E-state index in [0.29, 0.717) is 0 Å². The van der Waals surface area contributed by atoms with E-state index in [4.69, 9.17) is 18.9 Å². The monoisotopic (exact) mass is 516 g/mol. The predicted octanol–water partition coefficient (Wildman–Crippen LogP) is 5.49. The smallest absolute Gasteiger partial charge is 0.335 e. The molecular weight excluding hydrogens is 488 g/mol. The molecule has 2 aromatic rings. The molecule has 0 saturated heterocycles. The normalized spacial score (nSPS) is 16.3. The fraction of sp³-hybridized carbons (Fsp3) is 0.200. The van der Waals surface area contributed by atoms with E-state index in [9.17, 15) is 19.2 Å². The molecule has 0 aromatic heterocycles. The molecule has 38 heavy (non-hydrogen) atoms. The van der Waals surface area contributed by atoms with Crippen LogP contribution in [0.25, 0.3) is 0 Å². The number of benzene rings is 2. The Morgan fingerprint density at radius 2 is 0.737 bits per heavy atom. The van der Waals surface area contributed by atoms with Gasteiger partial charge in [0.05, 0.1) is 0 Å². The second kappa shape index (κ2) is 13.0. The third-order valence-corrected chi connectivity index (χ3v) is 6.02. The molecule has 1 aliphatic carbocycles. The van der Waals surface area contributed by atoms with Gasteiger partial charge in [0.2, 0.25) is 0 Å². The van der Waals surface area contributed by atoms with E-state index in [-0.39, 0.29) is 34.8 Å². The lowest BCUT2D eigenvalue weighted by Crippen LogP contribution is -2.14. The summed E-state index contributed by atoms with van der Waals surface area (Å²) >= 11 is 0. The number of esters is 4. The molecule has 3 rings (SSSR count). The SMILES string of the molecule is C=CC(=O)Oc1cc(OC(=O)C=C)cc(C2CCC(c3cc(OC(=O)C=C)cc(OC(=O)C=C)c3)CC2)c1. The van der Waals surface area contributed by atoms with Crippen molar-refractivity contribution in [3.8, 4) is 23.0 Å². The topological polar surface area (TPSA) is 105 Å². The van der Waals surface area contributed by atoms with E-state index in [1.54, 1.807) is 24.3 Å². The minimum absolute atomic E-state index is 0.106. The number of carbonyl (C=O) groups is 4. The van der Waals surface area contributed by atoms with Crippen LogP contribution in [0.2, 0.25) is 0 Å². The first-order chi connectivity index (χ1) is 18.2. The van der Waals surface area contributed by atoms with Gasteiger partial charge in [0.25, 0.3) is 0 Å². The molecule has 1 saturated carbocycles. The average molecular weight is 517 g/mol. The molecule has 0 spiro atoms. The Morgan fingerprint density at radius 3 is 0.947 bits per heavy atom. The van der Waals surface area contributed by atoms with Crippen LogP contribution in [-0.4, -0.2) is 23.9 Å². The molecule has 0 unspecified atom stereocenters. The van der Waals surface area contributed by atoms with Gasteiger partial charge in [-0.2, -0.15) is 0 Å². The zero-order chi connectivity index (χ0) is 27.7. The molecule has 8 nitrogen and oxygen atoms in total. The molecule has 0 radical (unpaired) electrons. The quantitative estimate of drug-likeness (QED) is 0.232. The van der Waals surface area contributed by atoms with E-state index in [1.165, 1.54) is 12.1 Å². The molecule has 0 N–H and O–H groups in total. The lowest BCUT2D eigenvalue weighted by Gasteiger charge is -2.30. The van der Waals surface area contributed by atoms with Gasteiger partial charge in [0.15, 0.2) is 0 Å². The largest absolute Gasteiger partial charge is 0.423 e. The maximum absolute atomic E-state index is 11.7. The molecule has 0 amide bonds. The van der Waals surface area contributed by atoms with Gasteiger partial charge in [-0.05, 0) is 72.9 Å². The van der Waals surface area contributed by atoms with Gasteiger partial charge in [0, 0.05) is 36.4 Å². The van der Waals surface area contributed by atoms with Crippen LogP contribution >= 0.6 is 0 Å². The van der Waals surface area contributed by atoms with Gasteiger partial charge in [-0.25, -0.2) is 19.2 Å². The summed E-state index contributed by atoms with van der Waals surface area (Å²) in [6, 6.07) is 9.92. The standard InChI is InChI=1S/C30H28O8/c1-5-27(31)35-23-13-21(14-24(17-23)36-28(32)6-2)19-9-11-20(12-10-19)22-15-25(37-29(33)7-3)18-26(16-22)38-30(34)8-4/h5-8,13-20H,1-4,9-12H2. The van der Waals surface area contributed by atoms with Crippen LogP contribution in [0.5, 0.6) is 23.0 Å². The van der Waals surface area contributed by atoms with Crippen LogP contribution < -0.4 is 18.9 Å². The van der Waals surface area contributed by atoms with Crippen molar-refractivity contribution < 1.29 is 38.1 Å². The van der Waals surface area contributed by atoms with Crippen molar-refractivity contribution in [1.29, 1.82) is 0 Å². The lowest BCUT2D eigenvalue weighted by atomic mass is 9.76. The van der Waals surface area contributed by atoms with E-state index >= 15 is 0 Å². The third kappa shape index (κ3) is 7.64. The maximum atomic E-state index is 11.7. The first kappa shape index (κ1) is 27.9. The van der Waals surface area contributed by atoms with Crippen LogP contribution in [-0.2, 0) is 19.2 Å². The molecular formula is C30H28O8. The zero-order valence-corrected chi connectivity index (χ0v) is 20.9. The Balaban J connectivity index is 1.82. The molecule has 8 heteroatoms. The number of carbonyl (C=O) groups excluding carboxylic acids is 4. The van der Waals surface area contributed by atoms with Crippen LogP contribution in [0, 0.1) is 0 Å². The molecule has 0 aliphatic heterocycles. The average Bonchev–Trinajstić information content (AvgIpc) is 2.92. The van der Waals surface area contributed by atoms with Gasteiger partial charge in [-0.3, -0.25) is 0 Å². The molecule has 1 aliphatic rings. The summed E-state index contributed by atoms with van der Waals surface area (Å²) in [5.74, 6) is -1.33. The third-order valence-electron chi connectivity index (χ3n) is 6.02. The summed E-state index contributed by atoms with van der Waals surface area (Å²) in [6.45, 7) is 13.6. The van der Waals surface area contributed by atoms with Crippen molar-refractivity contribution in [2.45, 2.75) is 37.5 Å². The van der Waals surface area contributed by atoms with E-state index in [1.807, 2.05) is 0 Å². The minimum Gasteiger partial charge on any atom is -0.423 e. The lowest BCUT2D eigenvalue weighted by molar-refractivity contribution is -0.130. The maximum Gasteiger partial charge on any atom is 0.335 e. The molecule has 0 heterocycles. The highest BCUT2D eigenvalue weighted by Crippen LogP contribution is 2.43. The van der Waals surface area contributed by atoms with Crippen molar-refractivity contribution >= 4 is 23.9 Å². The summed E-state index contributed by atoms with van der Waals surface area (Å²) < 4.78 is 21.1. The van der Waals surface area contributed by atoms with Crippen LogP contribution in [0.3, 0.4) is 0 Å². The molecule has 196 valence electrons. The van der Waals surface area contributed by atoms with Crippen LogP contribution in [0.15, 0.2) is 87.0 Å². The highest BCUT2D eigenvalue weighted by atomic mass is 16.6. The summed E-state index contributed by atoms with van der Waals surface area (Å²) in [7, 11) is 0. The summed E-state index contributed by atoms with van der Waals surface area (Å²) in [6.07, 6.45) is 7.30. The Kier molecular flexibility index (Phi) is 9.54. The highest BCUT2D eigenvalue weighted by Gasteiger charge is 2.26. The van der Waals surface area contributed by atoms with Crippen LogP contribution in [0.4, 0.5) is 0 Å². The van der Waals surface area contributed by atoms with E-state index in [2.05, 4.69) is 26.3 Å². The van der Waals surface area contributed by atoms with Gasteiger partial charge in [-0.15, -0.1) is 0 Å². The fourth-order valence-corrected chi connectivity index (χ4v) is 4.29. The van der Waals surface area contributed by atoms with Gasteiger partial charge in [0.1, 0.15) is 23.0 Å². The highest BCUT2D eigenvalue weighted by molar-refractivity contribution is 5.85. The number of hydrogen-bond donors (Lipinski definition) is 0. The molecule has 0 atom stereocenters. The summed E-state index contributed by atoms with van der Waals surface area (Å²) in [4.78, 5) is 47.0.